The average Bonchev–Trinajstić information content (AvgIpc) is 3.13. The van der Waals surface area contributed by atoms with E-state index in [0.717, 1.165) is 4.90 Å². The van der Waals surface area contributed by atoms with Gasteiger partial charge in [-0.15, -0.1) is 0 Å². The minimum Gasteiger partial charge on any atom is -0.441 e. The fourth-order valence-corrected chi connectivity index (χ4v) is 3.38. The Bertz CT molecular complexity index is 533. The fourth-order valence-electron chi connectivity index (χ4n) is 3.38. The van der Waals surface area contributed by atoms with Crippen molar-refractivity contribution in [3.05, 3.63) is 0 Å². The smallest absolute Gasteiger partial charge is 0.417 e. The monoisotopic (exact) mass is 343 g/mol. The van der Waals surface area contributed by atoms with Crippen molar-refractivity contribution in [3.63, 3.8) is 0 Å². The largest absolute Gasteiger partial charge is 0.441 e. The normalized spacial score (nSPS) is 37.7. The van der Waals surface area contributed by atoms with Crippen molar-refractivity contribution in [3.8, 4) is 0 Å². The third-order valence-corrected chi connectivity index (χ3v) is 4.45. The molecule has 136 valence electrons. The van der Waals surface area contributed by atoms with E-state index in [1.54, 1.807) is 34.6 Å². The first-order valence-electron chi connectivity index (χ1n) is 8.30. The van der Waals surface area contributed by atoms with E-state index in [-0.39, 0.29) is 25.5 Å². The molecule has 24 heavy (non-hydrogen) atoms. The number of cyclic esters (lactones) is 1. The summed E-state index contributed by atoms with van der Waals surface area (Å²) in [5, 5.41) is 0. The van der Waals surface area contributed by atoms with E-state index in [0.29, 0.717) is 0 Å². The second-order valence-electron chi connectivity index (χ2n) is 7.19. The second-order valence-corrected chi connectivity index (χ2v) is 7.19. The second kappa shape index (κ2) is 5.94. The molecule has 0 saturated carbocycles. The summed E-state index contributed by atoms with van der Waals surface area (Å²) in [6.45, 7) is 9.45. The molecule has 3 rings (SSSR count). The molecular formula is C16H25NO7. The lowest BCUT2D eigenvalue weighted by molar-refractivity contribution is -0.163. The zero-order valence-electron chi connectivity index (χ0n) is 14.7. The zero-order valence-corrected chi connectivity index (χ0v) is 14.7. The maximum atomic E-state index is 12.3. The third-order valence-electron chi connectivity index (χ3n) is 4.45. The van der Waals surface area contributed by atoms with E-state index in [1.165, 1.54) is 0 Å². The maximum absolute atomic E-state index is 12.3. The molecule has 0 radical (unpaired) electrons. The molecule has 3 fully saturated rings. The summed E-state index contributed by atoms with van der Waals surface area (Å²) in [5.74, 6) is -1.83. The van der Waals surface area contributed by atoms with E-state index < -0.39 is 42.0 Å². The fraction of sp³-hybridized carbons (Fsp3) is 0.875. The molecule has 0 spiro atoms. The molecular weight excluding hydrogens is 318 g/mol. The van der Waals surface area contributed by atoms with Crippen LogP contribution in [0.5, 0.6) is 0 Å². The van der Waals surface area contributed by atoms with Crippen molar-refractivity contribution in [2.24, 2.45) is 0 Å². The van der Waals surface area contributed by atoms with Gasteiger partial charge in [-0.05, 0) is 27.7 Å². The number of rotatable bonds is 3. The first kappa shape index (κ1) is 17.6. The van der Waals surface area contributed by atoms with Crippen LogP contribution in [0.3, 0.4) is 0 Å². The van der Waals surface area contributed by atoms with Crippen LogP contribution in [0, 0.1) is 0 Å². The number of imide groups is 1. The number of nitrogens with zero attached hydrogens (tertiary/aromatic N) is 1. The molecule has 2 amide bonds. The Labute approximate surface area is 141 Å². The lowest BCUT2D eigenvalue weighted by atomic mass is 9.99. The van der Waals surface area contributed by atoms with Gasteiger partial charge in [-0.25, -0.2) is 9.69 Å². The van der Waals surface area contributed by atoms with Crippen LogP contribution in [-0.4, -0.2) is 66.0 Å². The van der Waals surface area contributed by atoms with E-state index in [1.807, 2.05) is 0 Å². The minimum atomic E-state index is -0.770. The Morgan fingerprint density at radius 2 is 1.62 bits per heavy atom. The highest BCUT2D eigenvalue weighted by Crippen LogP contribution is 2.37. The molecule has 0 bridgehead atoms. The van der Waals surface area contributed by atoms with Crippen molar-refractivity contribution < 1.29 is 33.3 Å². The van der Waals surface area contributed by atoms with Gasteiger partial charge in [-0.1, -0.05) is 6.92 Å². The quantitative estimate of drug-likeness (QED) is 0.766. The van der Waals surface area contributed by atoms with Crippen LogP contribution in [0.4, 0.5) is 4.79 Å². The van der Waals surface area contributed by atoms with Gasteiger partial charge in [0.15, 0.2) is 17.7 Å². The van der Waals surface area contributed by atoms with Gasteiger partial charge in [-0.2, -0.15) is 0 Å². The molecule has 3 aliphatic rings. The first-order chi connectivity index (χ1) is 11.1. The van der Waals surface area contributed by atoms with E-state index in [2.05, 4.69) is 0 Å². The first-order valence-corrected chi connectivity index (χ1v) is 8.30. The van der Waals surface area contributed by atoms with Gasteiger partial charge in [-0.3, -0.25) is 4.79 Å². The molecule has 3 heterocycles. The van der Waals surface area contributed by atoms with Crippen molar-refractivity contribution in [2.75, 3.05) is 13.2 Å². The van der Waals surface area contributed by atoms with Gasteiger partial charge in [0, 0.05) is 6.42 Å². The lowest BCUT2D eigenvalue weighted by Crippen LogP contribution is -2.53. The molecule has 0 aromatic carbocycles. The van der Waals surface area contributed by atoms with E-state index in [9.17, 15) is 9.59 Å². The molecule has 4 atom stereocenters. The highest BCUT2D eigenvalue weighted by Gasteiger charge is 2.57. The maximum Gasteiger partial charge on any atom is 0.417 e. The molecule has 0 N–H and O–H groups in total. The summed E-state index contributed by atoms with van der Waals surface area (Å²) in [6, 6.07) is -0.603. The average molecular weight is 343 g/mol. The summed E-state index contributed by atoms with van der Waals surface area (Å²) < 4.78 is 28.4. The van der Waals surface area contributed by atoms with E-state index >= 15 is 0 Å². The molecule has 3 aliphatic heterocycles. The molecule has 0 aliphatic carbocycles. The number of carbonyl (C=O) groups is 2. The lowest BCUT2D eigenvalue weighted by Gasteiger charge is -2.30. The molecule has 0 unspecified atom stereocenters. The van der Waals surface area contributed by atoms with Gasteiger partial charge in [0.2, 0.25) is 5.91 Å². The number of hydrogen-bond acceptors (Lipinski definition) is 7. The Hall–Kier alpha value is -1.22. The van der Waals surface area contributed by atoms with Gasteiger partial charge in [0.05, 0.1) is 13.2 Å². The van der Waals surface area contributed by atoms with Crippen molar-refractivity contribution in [1.82, 2.24) is 4.90 Å². The molecule has 3 saturated heterocycles. The number of ether oxygens (including phenoxy) is 5. The summed E-state index contributed by atoms with van der Waals surface area (Å²) >= 11 is 0. The number of amides is 2. The Kier molecular flexibility index (Phi) is 4.36. The minimum absolute atomic E-state index is 0.197. The predicted molar refractivity (Wildman–Crippen MR) is 81.0 cm³/mol. The highest BCUT2D eigenvalue weighted by molar-refractivity contribution is 5.93. The van der Waals surface area contributed by atoms with Crippen molar-refractivity contribution in [1.29, 1.82) is 0 Å². The Balaban J connectivity index is 1.87. The Morgan fingerprint density at radius 1 is 1.08 bits per heavy atom. The summed E-state index contributed by atoms with van der Waals surface area (Å²) in [6.07, 6.45) is -2.06. The number of hydrogen-bond donors (Lipinski definition) is 0. The van der Waals surface area contributed by atoms with Gasteiger partial charge >= 0.3 is 6.09 Å². The van der Waals surface area contributed by atoms with Gasteiger partial charge < -0.3 is 23.7 Å². The van der Waals surface area contributed by atoms with Crippen molar-refractivity contribution in [2.45, 2.75) is 77.0 Å². The van der Waals surface area contributed by atoms with Crippen molar-refractivity contribution >= 4 is 12.0 Å². The molecule has 0 aromatic rings. The molecule has 8 heteroatoms. The summed E-state index contributed by atoms with van der Waals surface area (Å²) in [7, 11) is 0. The van der Waals surface area contributed by atoms with Crippen LogP contribution in [-0.2, 0) is 28.5 Å². The number of carbonyl (C=O) groups excluding carboxylic acids is 2. The topological polar surface area (TPSA) is 83.5 Å². The predicted octanol–water partition coefficient (Wildman–Crippen LogP) is 1.42. The molecule has 8 nitrogen and oxygen atoms in total. The summed E-state index contributed by atoms with van der Waals surface area (Å²) in [4.78, 5) is 25.8. The van der Waals surface area contributed by atoms with Crippen LogP contribution in [0.25, 0.3) is 0 Å². The summed E-state index contributed by atoms with van der Waals surface area (Å²) in [5.41, 5.74) is 0. The van der Waals surface area contributed by atoms with Gasteiger partial charge in [0.1, 0.15) is 18.2 Å². The van der Waals surface area contributed by atoms with E-state index in [4.69, 9.17) is 23.7 Å². The molecule has 0 aromatic heterocycles. The third kappa shape index (κ3) is 3.15. The van der Waals surface area contributed by atoms with Gasteiger partial charge in [0.25, 0.3) is 0 Å². The SMILES string of the molecule is CCC(=O)N1C(=O)O[C@H]([C@H]2COC(C)(C)O2)[C@@H]1[C@H]1COC(C)(C)O1. The van der Waals surface area contributed by atoms with Crippen LogP contribution >= 0.6 is 0 Å². The highest BCUT2D eigenvalue weighted by atomic mass is 16.8. The van der Waals surface area contributed by atoms with Crippen LogP contribution < -0.4 is 0 Å². The zero-order chi connectivity index (χ0) is 17.7. The van der Waals surface area contributed by atoms with Crippen LogP contribution in [0.2, 0.25) is 0 Å². The standard InChI is InChI=1S/C16H25NO7/c1-6-11(18)17-12(9-7-20-15(2,3)23-9)13(22-14(17)19)10-8-21-16(4,5)24-10/h9-10,12-13H,6-8H2,1-5H3/t9-,10-,12+,13-/m1/s1. The Morgan fingerprint density at radius 3 is 2.08 bits per heavy atom. The van der Waals surface area contributed by atoms with Crippen LogP contribution in [0.1, 0.15) is 41.0 Å². The van der Waals surface area contributed by atoms with Crippen LogP contribution in [0.15, 0.2) is 0 Å².